The number of piperidine rings is 1. The maximum Gasteiger partial charge on any atom is 0.256 e. The smallest absolute Gasteiger partial charge is 0.256 e. The molecular weight excluding hydrogens is 433 g/mol. The second-order valence-corrected chi connectivity index (χ2v) is 9.38. The number of rotatable bonds is 3. The first-order valence-electron chi connectivity index (χ1n) is 11.0. The number of nitrogens with zero attached hydrogens (tertiary/aromatic N) is 3. The van der Waals surface area contributed by atoms with E-state index in [9.17, 15) is 9.59 Å². The molecule has 1 unspecified atom stereocenters. The van der Waals surface area contributed by atoms with Crippen molar-refractivity contribution >= 4 is 46.4 Å². The third-order valence-corrected chi connectivity index (χ3v) is 7.07. The van der Waals surface area contributed by atoms with Crippen molar-refractivity contribution < 1.29 is 9.59 Å². The predicted octanol–water partition coefficient (Wildman–Crippen LogP) is 5.00. The van der Waals surface area contributed by atoms with Crippen LogP contribution in [0.25, 0.3) is 0 Å². The summed E-state index contributed by atoms with van der Waals surface area (Å²) in [6.45, 7) is 2.01. The molecule has 1 atom stereocenters. The molecule has 2 fully saturated rings. The summed E-state index contributed by atoms with van der Waals surface area (Å²) in [6.07, 6.45) is 4.89. The Hall–Kier alpha value is -2.24. The maximum atomic E-state index is 13.8. The fraction of sp³-hybridized carbons (Fsp3) is 0.417. The first-order valence-corrected chi connectivity index (χ1v) is 11.7. The Labute approximate surface area is 192 Å². The largest absolute Gasteiger partial charge is 0.365 e. The molecule has 1 saturated carbocycles. The summed E-state index contributed by atoms with van der Waals surface area (Å²) in [7, 11) is 0. The Morgan fingerprint density at radius 3 is 2.42 bits per heavy atom. The van der Waals surface area contributed by atoms with Gasteiger partial charge in [0, 0.05) is 30.7 Å². The monoisotopic (exact) mass is 457 g/mol. The molecule has 2 aromatic carbocycles. The lowest BCUT2D eigenvalue weighted by molar-refractivity contribution is -0.124. The molecular formula is C24H25Cl2N3O2. The quantitative estimate of drug-likeness (QED) is 0.650. The van der Waals surface area contributed by atoms with Crippen LogP contribution in [-0.4, -0.2) is 48.4 Å². The number of hydrogen-bond donors (Lipinski definition) is 0. The van der Waals surface area contributed by atoms with Gasteiger partial charge in [0.05, 0.1) is 22.0 Å². The Morgan fingerprint density at radius 1 is 0.871 bits per heavy atom. The van der Waals surface area contributed by atoms with Gasteiger partial charge >= 0.3 is 0 Å². The van der Waals surface area contributed by atoms with Crippen molar-refractivity contribution in [2.75, 3.05) is 29.4 Å². The van der Waals surface area contributed by atoms with Gasteiger partial charge in [-0.1, -0.05) is 35.3 Å². The van der Waals surface area contributed by atoms with Crippen LogP contribution >= 0.6 is 23.2 Å². The average Bonchev–Trinajstić information content (AvgIpc) is 3.64. The molecule has 2 aromatic rings. The van der Waals surface area contributed by atoms with Gasteiger partial charge < -0.3 is 14.7 Å². The lowest BCUT2D eigenvalue weighted by Crippen LogP contribution is -2.55. The average molecular weight is 458 g/mol. The Balaban J connectivity index is 1.44. The van der Waals surface area contributed by atoms with Crippen LogP contribution < -0.4 is 9.80 Å². The number of benzene rings is 2. The standard InChI is InChI=1S/C24H25Cl2N3O2/c25-16-8-11-19(26)18(15-16)23(30)28-12-4-3-7-22(28)24(31)29-14-13-27(17-9-10-17)20-5-1-2-6-21(20)29/h1-2,5-6,8,11,15,17,22H,3-4,7,9-10,12-14H2. The fourth-order valence-electron chi connectivity index (χ4n) is 4.81. The molecule has 0 spiro atoms. The van der Waals surface area contributed by atoms with Gasteiger partial charge in [0.15, 0.2) is 0 Å². The van der Waals surface area contributed by atoms with Crippen LogP contribution in [0.1, 0.15) is 42.5 Å². The summed E-state index contributed by atoms with van der Waals surface area (Å²) < 4.78 is 0. The van der Waals surface area contributed by atoms with Gasteiger partial charge in [0.25, 0.3) is 5.91 Å². The molecule has 1 aliphatic carbocycles. The van der Waals surface area contributed by atoms with Crippen molar-refractivity contribution in [3.8, 4) is 0 Å². The topological polar surface area (TPSA) is 43.9 Å². The summed E-state index contributed by atoms with van der Waals surface area (Å²) in [5.41, 5.74) is 2.42. The highest BCUT2D eigenvalue weighted by Crippen LogP contribution is 2.40. The highest BCUT2D eigenvalue weighted by Gasteiger charge is 2.40. The summed E-state index contributed by atoms with van der Waals surface area (Å²) in [5.74, 6) is -0.232. The van der Waals surface area contributed by atoms with Gasteiger partial charge in [-0.3, -0.25) is 9.59 Å². The molecule has 0 aromatic heterocycles. The van der Waals surface area contributed by atoms with Crippen molar-refractivity contribution in [2.24, 2.45) is 0 Å². The number of anilines is 2. The summed E-state index contributed by atoms with van der Waals surface area (Å²) in [5, 5.41) is 0.812. The van der Waals surface area contributed by atoms with Crippen molar-refractivity contribution in [3.63, 3.8) is 0 Å². The van der Waals surface area contributed by atoms with Crippen LogP contribution in [0, 0.1) is 0 Å². The zero-order valence-electron chi connectivity index (χ0n) is 17.3. The van der Waals surface area contributed by atoms with Gasteiger partial charge in [-0.05, 0) is 62.4 Å². The number of amides is 2. The van der Waals surface area contributed by atoms with Crippen molar-refractivity contribution in [1.29, 1.82) is 0 Å². The number of carbonyl (C=O) groups is 2. The van der Waals surface area contributed by atoms with Crippen LogP contribution in [0.4, 0.5) is 11.4 Å². The number of hydrogen-bond acceptors (Lipinski definition) is 3. The fourth-order valence-corrected chi connectivity index (χ4v) is 5.18. The Bertz CT molecular complexity index is 1020. The molecule has 5 nitrogen and oxygen atoms in total. The number of fused-ring (bicyclic) bond motifs is 1. The number of halogens is 2. The van der Waals surface area contributed by atoms with Gasteiger partial charge in [-0.25, -0.2) is 0 Å². The molecule has 0 radical (unpaired) electrons. The van der Waals surface area contributed by atoms with Gasteiger partial charge in [0.1, 0.15) is 6.04 Å². The number of likely N-dealkylation sites (tertiary alicyclic amines) is 1. The van der Waals surface area contributed by atoms with E-state index in [2.05, 4.69) is 11.0 Å². The first kappa shape index (κ1) is 20.7. The van der Waals surface area contributed by atoms with Crippen LogP contribution in [-0.2, 0) is 4.79 Å². The second kappa shape index (κ2) is 8.36. The molecule has 0 bridgehead atoms. The SMILES string of the molecule is O=C(C1CCCCN1C(=O)c1cc(Cl)ccc1Cl)N1CCN(C2CC2)c2ccccc21. The third-order valence-electron chi connectivity index (χ3n) is 6.51. The highest BCUT2D eigenvalue weighted by atomic mass is 35.5. The molecule has 0 N–H and O–H groups in total. The molecule has 31 heavy (non-hydrogen) atoms. The number of carbonyl (C=O) groups excluding carboxylic acids is 2. The molecule has 2 aliphatic heterocycles. The predicted molar refractivity (Wildman–Crippen MR) is 124 cm³/mol. The van der Waals surface area contributed by atoms with Gasteiger partial charge in [-0.2, -0.15) is 0 Å². The van der Waals surface area contributed by atoms with E-state index in [1.165, 1.54) is 12.8 Å². The van der Waals surface area contributed by atoms with Crippen LogP contribution in [0.5, 0.6) is 0 Å². The van der Waals surface area contributed by atoms with E-state index in [0.29, 0.717) is 41.2 Å². The normalized spacial score (nSPS) is 21.1. The van der Waals surface area contributed by atoms with E-state index < -0.39 is 6.04 Å². The molecule has 5 rings (SSSR count). The molecule has 3 aliphatic rings. The zero-order valence-corrected chi connectivity index (χ0v) is 18.8. The summed E-state index contributed by atoms with van der Waals surface area (Å²) in [6, 6.07) is 13.1. The third kappa shape index (κ3) is 3.90. The number of para-hydroxylation sites is 2. The van der Waals surface area contributed by atoms with E-state index in [0.717, 1.165) is 30.8 Å². The van der Waals surface area contributed by atoms with E-state index in [1.54, 1.807) is 23.1 Å². The van der Waals surface area contributed by atoms with E-state index in [4.69, 9.17) is 23.2 Å². The minimum Gasteiger partial charge on any atom is -0.365 e. The van der Waals surface area contributed by atoms with E-state index >= 15 is 0 Å². The van der Waals surface area contributed by atoms with E-state index in [1.807, 2.05) is 23.1 Å². The molecule has 2 heterocycles. The van der Waals surface area contributed by atoms with Crippen molar-refractivity contribution in [2.45, 2.75) is 44.2 Å². The second-order valence-electron chi connectivity index (χ2n) is 8.54. The van der Waals surface area contributed by atoms with Crippen molar-refractivity contribution in [3.05, 3.63) is 58.1 Å². The Morgan fingerprint density at radius 2 is 1.65 bits per heavy atom. The lowest BCUT2D eigenvalue weighted by Gasteiger charge is -2.42. The van der Waals surface area contributed by atoms with Crippen LogP contribution in [0.15, 0.2) is 42.5 Å². The van der Waals surface area contributed by atoms with Crippen LogP contribution in [0.2, 0.25) is 10.0 Å². The summed E-state index contributed by atoms with van der Waals surface area (Å²) in [4.78, 5) is 33.1. The van der Waals surface area contributed by atoms with Gasteiger partial charge in [-0.15, -0.1) is 0 Å². The van der Waals surface area contributed by atoms with Crippen molar-refractivity contribution in [1.82, 2.24) is 4.90 Å². The molecule has 2 amide bonds. The van der Waals surface area contributed by atoms with E-state index in [-0.39, 0.29) is 11.8 Å². The molecule has 7 heteroatoms. The van der Waals surface area contributed by atoms with Gasteiger partial charge in [0.2, 0.25) is 5.91 Å². The lowest BCUT2D eigenvalue weighted by atomic mass is 9.98. The van der Waals surface area contributed by atoms with Crippen LogP contribution in [0.3, 0.4) is 0 Å². The minimum atomic E-state index is -0.489. The minimum absolute atomic E-state index is 0.00547. The molecule has 162 valence electrons. The molecule has 1 saturated heterocycles. The first-order chi connectivity index (χ1) is 15.0. The Kier molecular flexibility index (Phi) is 5.57. The zero-order chi connectivity index (χ0) is 21.5. The maximum absolute atomic E-state index is 13.8. The summed E-state index contributed by atoms with van der Waals surface area (Å²) >= 11 is 12.4. The highest BCUT2D eigenvalue weighted by molar-refractivity contribution is 6.35.